The lowest BCUT2D eigenvalue weighted by molar-refractivity contribution is 0.204. The first kappa shape index (κ1) is 14.3. The molecule has 0 spiro atoms. The van der Waals surface area contributed by atoms with Gasteiger partial charge >= 0.3 is 0 Å². The first-order valence-electron chi connectivity index (χ1n) is 6.47. The summed E-state index contributed by atoms with van der Waals surface area (Å²) in [5.74, 6) is 0.459. The first-order valence-corrected chi connectivity index (χ1v) is 8.33. The van der Waals surface area contributed by atoms with Gasteiger partial charge in [0.1, 0.15) is 4.83 Å². The third kappa shape index (κ3) is 2.88. The van der Waals surface area contributed by atoms with Crippen molar-refractivity contribution < 1.29 is 5.11 Å². The van der Waals surface area contributed by atoms with Crippen molar-refractivity contribution in [1.82, 2.24) is 9.55 Å². The summed E-state index contributed by atoms with van der Waals surface area (Å²) in [4.78, 5) is 17.4. The molecular weight excluding hydrogens is 304 g/mol. The van der Waals surface area contributed by atoms with E-state index in [1.165, 1.54) is 27.7 Å². The molecule has 0 fully saturated rings. The molecular formula is C15H14N2O2S2. The molecule has 1 atom stereocenters. The maximum Gasteiger partial charge on any atom is 0.262 e. The lowest BCUT2D eigenvalue weighted by atomic mass is 10.1. The summed E-state index contributed by atoms with van der Waals surface area (Å²) in [5.41, 5.74) is 0.824. The van der Waals surface area contributed by atoms with Crippen LogP contribution in [0.25, 0.3) is 10.2 Å². The van der Waals surface area contributed by atoms with Crippen LogP contribution in [0.2, 0.25) is 0 Å². The van der Waals surface area contributed by atoms with Crippen LogP contribution < -0.4 is 5.56 Å². The highest BCUT2D eigenvalue weighted by atomic mass is 32.2. The van der Waals surface area contributed by atoms with Crippen LogP contribution in [0, 0.1) is 0 Å². The molecule has 0 aliphatic carbocycles. The normalized spacial score (nSPS) is 12.7. The monoisotopic (exact) mass is 318 g/mol. The molecule has 108 valence electrons. The molecule has 0 aliphatic rings. The summed E-state index contributed by atoms with van der Waals surface area (Å²) < 4.78 is 1.54. The quantitative estimate of drug-likeness (QED) is 0.594. The molecule has 1 unspecified atom stereocenters. The van der Waals surface area contributed by atoms with Crippen LogP contribution in [0.5, 0.6) is 0 Å². The van der Waals surface area contributed by atoms with Crippen LogP contribution in [0.15, 0.2) is 51.7 Å². The lowest BCUT2D eigenvalue weighted by Crippen LogP contribution is -2.19. The number of thiophene rings is 1. The fourth-order valence-corrected chi connectivity index (χ4v) is 3.78. The summed E-state index contributed by atoms with van der Waals surface area (Å²) in [6.45, 7) is 0. The highest BCUT2D eigenvalue weighted by Crippen LogP contribution is 2.24. The van der Waals surface area contributed by atoms with Crippen LogP contribution >= 0.6 is 23.1 Å². The number of aromatic nitrogens is 2. The topological polar surface area (TPSA) is 55.1 Å². The Morgan fingerprint density at radius 1 is 1.33 bits per heavy atom. The fourth-order valence-electron chi connectivity index (χ4n) is 2.03. The third-order valence-corrected chi connectivity index (χ3v) is 5.13. The van der Waals surface area contributed by atoms with E-state index in [4.69, 9.17) is 0 Å². The van der Waals surface area contributed by atoms with Crippen molar-refractivity contribution in [2.75, 3.05) is 5.75 Å². The van der Waals surface area contributed by atoms with E-state index in [1.807, 2.05) is 35.7 Å². The minimum atomic E-state index is -0.577. The number of hydrogen-bond donors (Lipinski definition) is 1. The van der Waals surface area contributed by atoms with Gasteiger partial charge in [-0.1, -0.05) is 42.1 Å². The molecule has 0 aliphatic heterocycles. The Morgan fingerprint density at radius 2 is 2.10 bits per heavy atom. The van der Waals surface area contributed by atoms with Gasteiger partial charge in [-0.2, -0.15) is 0 Å². The maximum atomic E-state index is 12.2. The standard InChI is InChI=1S/C15H14N2O2S2/c1-17-14(19)11-7-8-20-13(11)16-15(17)21-9-12(18)10-5-3-2-4-6-10/h2-8,12,18H,9H2,1H3. The zero-order valence-corrected chi connectivity index (χ0v) is 13.0. The molecule has 3 rings (SSSR count). The second-order valence-electron chi connectivity index (χ2n) is 4.64. The Bertz CT molecular complexity index is 811. The zero-order valence-electron chi connectivity index (χ0n) is 11.4. The summed E-state index contributed by atoms with van der Waals surface area (Å²) >= 11 is 2.85. The highest BCUT2D eigenvalue weighted by Gasteiger charge is 2.13. The largest absolute Gasteiger partial charge is 0.388 e. The molecule has 2 heterocycles. The molecule has 0 amide bonds. The summed E-state index contributed by atoms with van der Waals surface area (Å²) in [6, 6.07) is 11.3. The Labute approximate surface area is 130 Å². The number of thioether (sulfide) groups is 1. The van der Waals surface area contributed by atoms with E-state index >= 15 is 0 Å². The highest BCUT2D eigenvalue weighted by molar-refractivity contribution is 7.99. The maximum absolute atomic E-state index is 12.2. The minimum Gasteiger partial charge on any atom is -0.388 e. The van der Waals surface area contributed by atoms with Crippen molar-refractivity contribution >= 4 is 33.3 Å². The number of hydrogen-bond acceptors (Lipinski definition) is 5. The predicted molar refractivity (Wildman–Crippen MR) is 87.0 cm³/mol. The molecule has 3 aromatic rings. The van der Waals surface area contributed by atoms with Gasteiger partial charge in [-0.15, -0.1) is 11.3 Å². The average molecular weight is 318 g/mol. The van der Waals surface area contributed by atoms with Crippen LogP contribution in [0.3, 0.4) is 0 Å². The van der Waals surface area contributed by atoms with Crippen LogP contribution in [0.4, 0.5) is 0 Å². The Hall–Kier alpha value is -1.63. The minimum absolute atomic E-state index is 0.0436. The Kier molecular flexibility index (Phi) is 4.10. The van der Waals surface area contributed by atoms with Gasteiger partial charge in [0, 0.05) is 12.8 Å². The smallest absolute Gasteiger partial charge is 0.262 e. The van der Waals surface area contributed by atoms with Gasteiger partial charge in [-0.05, 0) is 17.0 Å². The van der Waals surface area contributed by atoms with Crippen molar-refractivity contribution in [2.45, 2.75) is 11.3 Å². The summed E-state index contributed by atoms with van der Waals surface area (Å²) in [7, 11) is 1.71. The predicted octanol–water partition coefficient (Wildman–Crippen LogP) is 2.82. The number of rotatable bonds is 4. The summed E-state index contributed by atoms with van der Waals surface area (Å²) in [6.07, 6.45) is -0.577. The number of aliphatic hydroxyl groups excluding tert-OH is 1. The van der Waals surface area contributed by atoms with Gasteiger partial charge in [0.15, 0.2) is 5.16 Å². The van der Waals surface area contributed by atoms with Crippen LogP contribution in [-0.2, 0) is 7.05 Å². The molecule has 0 saturated heterocycles. The molecule has 0 radical (unpaired) electrons. The second-order valence-corrected chi connectivity index (χ2v) is 6.52. The Balaban J connectivity index is 1.82. The number of nitrogens with zero attached hydrogens (tertiary/aromatic N) is 2. The van der Waals surface area contributed by atoms with E-state index in [0.29, 0.717) is 16.3 Å². The van der Waals surface area contributed by atoms with Crippen molar-refractivity contribution in [3.63, 3.8) is 0 Å². The van der Waals surface area contributed by atoms with Crippen molar-refractivity contribution in [3.8, 4) is 0 Å². The second kappa shape index (κ2) is 6.01. The van der Waals surface area contributed by atoms with E-state index in [1.54, 1.807) is 13.1 Å². The van der Waals surface area contributed by atoms with Crippen LogP contribution in [0.1, 0.15) is 11.7 Å². The molecule has 6 heteroatoms. The number of benzene rings is 1. The van der Waals surface area contributed by atoms with E-state index in [0.717, 1.165) is 10.4 Å². The van der Waals surface area contributed by atoms with Gasteiger partial charge in [0.2, 0.25) is 0 Å². The molecule has 1 N–H and O–H groups in total. The van der Waals surface area contributed by atoms with E-state index in [2.05, 4.69) is 4.98 Å². The van der Waals surface area contributed by atoms with Crippen molar-refractivity contribution in [3.05, 3.63) is 57.7 Å². The first-order chi connectivity index (χ1) is 10.2. The van der Waals surface area contributed by atoms with Gasteiger partial charge in [0.25, 0.3) is 5.56 Å². The molecule has 2 aromatic heterocycles. The average Bonchev–Trinajstić information content (AvgIpc) is 2.98. The van der Waals surface area contributed by atoms with Gasteiger partial charge in [-0.3, -0.25) is 9.36 Å². The number of fused-ring (bicyclic) bond motifs is 1. The Morgan fingerprint density at radius 3 is 2.86 bits per heavy atom. The molecule has 21 heavy (non-hydrogen) atoms. The van der Waals surface area contributed by atoms with E-state index in [-0.39, 0.29) is 5.56 Å². The van der Waals surface area contributed by atoms with Gasteiger partial charge in [-0.25, -0.2) is 4.98 Å². The van der Waals surface area contributed by atoms with Crippen LogP contribution in [-0.4, -0.2) is 20.4 Å². The van der Waals surface area contributed by atoms with Gasteiger partial charge in [0.05, 0.1) is 11.5 Å². The SMILES string of the molecule is Cn1c(SCC(O)c2ccccc2)nc2sccc2c1=O. The molecule has 4 nitrogen and oxygen atoms in total. The molecule has 1 aromatic carbocycles. The zero-order chi connectivity index (χ0) is 14.8. The summed E-state index contributed by atoms with van der Waals surface area (Å²) in [5, 5.41) is 13.3. The van der Waals surface area contributed by atoms with E-state index in [9.17, 15) is 9.90 Å². The van der Waals surface area contributed by atoms with Crippen molar-refractivity contribution in [1.29, 1.82) is 0 Å². The van der Waals surface area contributed by atoms with Gasteiger partial charge < -0.3 is 5.11 Å². The fraction of sp³-hybridized carbons (Fsp3) is 0.200. The third-order valence-electron chi connectivity index (χ3n) is 3.22. The van der Waals surface area contributed by atoms with E-state index < -0.39 is 6.10 Å². The molecule has 0 bridgehead atoms. The number of aliphatic hydroxyl groups is 1. The van der Waals surface area contributed by atoms with Crippen molar-refractivity contribution in [2.24, 2.45) is 7.05 Å². The lowest BCUT2D eigenvalue weighted by Gasteiger charge is -2.11. The molecule has 0 saturated carbocycles.